The molecule has 0 N–H and O–H groups in total. The fourth-order valence-corrected chi connectivity index (χ4v) is 3.52. The summed E-state index contributed by atoms with van der Waals surface area (Å²) in [6.07, 6.45) is 1.75. The minimum absolute atomic E-state index is 0.615. The van der Waals surface area contributed by atoms with Crippen molar-refractivity contribution in [1.29, 1.82) is 5.26 Å². The number of nitrogens with zero attached hydrogens (tertiary/aromatic N) is 4. The average molecular weight is 392 g/mol. The predicted molar refractivity (Wildman–Crippen MR) is 111 cm³/mol. The summed E-state index contributed by atoms with van der Waals surface area (Å²) in [7, 11) is 3.27. The lowest BCUT2D eigenvalue weighted by Crippen LogP contribution is -2.12. The van der Waals surface area contributed by atoms with Crippen LogP contribution in [0.3, 0.4) is 0 Å². The van der Waals surface area contributed by atoms with Crippen molar-refractivity contribution in [3.8, 4) is 28.8 Å². The number of hydrogen-bond acceptors (Lipinski definition) is 6. The van der Waals surface area contributed by atoms with Gasteiger partial charge in [-0.2, -0.15) is 10.4 Å². The molecule has 0 aliphatic rings. The van der Waals surface area contributed by atoms with Crippen LogP contribution >= 0.6 is 11.3 Å². The van der Waals surface area contributed by atoms with Gasteiger partial charge in [0, 0.05) is 17.5 Å². The van der Waals surface area contributed by atoms with Crippen molar-refractivity contribution in [2.24, 2.45) is 10.1 Å². The van der Waals surface area contributed by atoms with Crippen molar-refractivity contribution in [2.45, 2.75) is 6.92 Å². The Kier molecular flexibility index (Phi) is 6.25. The van der Waals surface area contributed by atoms with Gasteiger partial charge in [-0.3, -0.25) is 4.99 Å². The van der Waals surface area contributed by atoms with Crippen molar-refractivity contribution in [3.63, 3.8) is 0 Å². The lowest BCUT2D eigenvalue weighted by Gasteiger charge is -2.11. The molecule has 0 atom stereocenters. The van der Waals surface area contributed by atoms with Gasteiger partial charge >= 0.3 is 0 Å². The van der Waals surface area contributed by atoms with Crippen molar-refractivity contribution in [3.05, 3.63) is 63.8 Å². The van der Waals surface area contributed by atoms with E-state index >= 15 is 0 Å². The normalized spacial score (nSPS) is 11.6. The van der Waals surface area contributed by atoms with E-state index in [4.69, 9.17) is 14.7 Å². The molecule has 0 spiro atoms. The Balaban J connectivity index is 2.11. The van der Waals surface area contributed by atoms with Gasteiger partial charge in [0.15, 0.2) is 0 Å². The third-order valence-electron chi connectivity index (χ3n) is 4.02. The second kappa shape index (κ2) is 9.02. The van der Waals surface area contributed by atoms with Crippen LogP contribution in [-0.4, -0.2) is 31.7 Å². The molecule has 0 saturated carbocycles. The molecule has 7 heteroatoms. The second-order valence-electron chi connectivity index (χ2n) is 5.73. The zero-order valence-electron chi connectivity index (χ0n) is 15.9. The van der Waals surface area contributed by atoms with Crippen LogP contribution in [0.25, 0.3) is 11.3 Å². The zero-order valence-corrected chi connectivity index (χ0v) is 16.7. The molecule has 1 heterocycles. The molecular formula is C21H20N4O2S. The Bertz CT molecular complexity index is 1090. The first-order chi connectivity index (χ1) is 13.7. The van der Waals surface area contributed by atoms with Crippen LogP contribution in [0.1, 0.15) is 18.1 Å². The van der Waals surface area contributed by atoms with Gasteiger partial charge in [0.2, 0.25) is 4.80 Å². The van der Waals surface area contributed by atoms with Gasteiger partial charge < -0.3 is 9.47 Å². The van der Waals surface area contributed by atoms with E-state index in [9.17, 15) is 0 Å². The number of hydrogen-bond donors (Lipinski definition) is 0. The zero-order chi connectivity index (χ0) is 19.9. The highest BCUT2D eigenvalue weighted by atomic mass is 32.1. The molecule has 0 aliphatic carbocycles. The topological polar surface area (TPSA) is 71.9 Å². The van der Waals surface area contributed by atoms with Gasteiger partial charge in [0.1, 0.15) is 11.5 Å². The SMILES string of the molecule is CCN=c1scc(-c2cc(OC)ccc2OC)n1N=Cc1ccc(C#N)cc1. The summed E-state index contributed by atoms with van der Waals surface area (Å²) in [4.78, 5) is 5.33. The Labute approximate surface area is 167 Å². The van der Waals surface area contributed by atoms with Gasteiger partial charge in [-0.15, -0.1) is 11.3 Å². The number of thiazole rings is 1. The van der Waals surface area contributed by atoms with Gasteiger partial charge in [0.05, 0.1) is 37.8 Å². The van der Waals surface area contributed by atoms with Crippen LogP contribution < -0.4 is 14.3 Å². The molecule has 3 rings (SSSR count). The molecule has 0 saturated heterocycles. The van der Waals surface area contributed by atoms with E-state index in [2.05, 4.69) is 16.2 Å². The van der Waals surface area contributed by atoms with Crippen molar-refractivity contribution < 1.29 is 9.47 Å². The summed E-state index contributed by atoms with van der Waals surface area (Å²) in [6, 6.07) is 15.0. The smallest absolute Gasteiger partial charge is 0.206 e. The molecule has 0 unspecified atom stereocenters. The standard InChI is InChI=1S/C21H20N4O2S/c1-4-23-21-25(24-13-16-7-5-15(12-22)6-8-16)19(14-28-21)18-11-17(26-2)9-10-20(18)27-3/h5-11,13-14H,4H2,1-3H3. The molecule has 142 valence electrons. The van der Waals surface area contributed by atoms with Crippen LogP contribution in [0.2, 0.25) is 0 Å². The lowest BCUT2D eigenvalue weighted by atomic mass is 10.1. The van der Waals surface area contributed by atoms with E-state index in [1.807, 2.05) is 42.6 Å². The molecule has 3 aromatic rings. The molecule has 0 amide bonds. The molecule has 0 radical (unpaired) electrons. The fourth-order valence-electron chi connectivity index (χ4n) is 2.62. The monoisotopic (exact) mass is 392 g/mol. The molecule has 0 aliphatic heterocycles. The number of nitriles is 1. The summed E-state index contributed by atoms with van der Waals surface area (Å²) >= 11 is 1.51. The molecule has 0 fully saturated rings. The minimum Gasteiger partial charge on any atom is -0.497 e. The third kappa shape index (κ3) is 4.13. The summed E-state index contributed by atoms with van der Waals surface area (Å²) in [5.41, 5.74) is 3.23. The maximum absolute atomic E-state index is 8.94. The van der Waals surface area contributed by atoms with Gasteiger partial charge in [-0.1, -0.05) is 12.1 Å². The van der Waals surface area contributed by atoms with Crippen LogP contribution in [0.4, 0.5) is 0 Å². The minimum atomic E-state index is 0.615. The second-order valence-corrected chi connectivity index (χ2v) is 6.57. The van der Waals surface area contributed by atoms with E-state index in [0.717, 1.165) is 33.1 Å². The quantitative estimate of drug-likeness (QED) is 0.597. The first-order valence-electron chi connectivity index (χ1n) is 8.68. The highest BCUT2D eigenvalue weighted by molar-refractivity contribution is 7.07. The van der Waals surface area contributed by atoms with Crippen molar-refractivity contribution in [2.75, 3.05) is 20.8 Å². The summed E-state index contributed by atoms with van der Waals surface area (Å²) < 4.78 is 12.7. The fraction of sp³-hybridized carbons (Fsp3) is 0.190. The number of aromatic nitrogens is 1. The van der Waals surface area contributed by atoms with Crippen molar-refractivity contribution in [1.82, 2.24) is 4.68 Å². The third-order valence-corrected chi connectivity index (χ3v) is 4.88. The molecule has 0 bridgehead atoms. The maximum atomic E-state index is 8.94. The summed E-state index contributed by atoms with van der Waals surface area (Å²) in [5.74, 6) is 1.46. The predicted octanol–water partition coefficient (Wildman–Crippen LogP) is 3.91. The lowest BCUT2D eigenvalue weighted by molar-refractivity contribution is 0.404. The van der Waals surface area contributed by atoms with E-state index < -0.39 is 0 Å². The summed E-state index contributed by atoms with van der Waals surface area (Å²) in [6.45, 7) is 2.64. The van der Waals surface area contributed by atoms with E-state index in [-0.39, 0.29) is 0 Å². The molecular weight excluding hydrogens is 372 g/mol. The Morgan fingerprint density at radius 2 is 1.93 bits per heavy atom. The highest BCUT2D eigenvalue weighted by Gasteiger charge is 2.14. The number of rotatable bonds is 6. The van der Waals surface area contributed by atoms with Gasteiger partial charge in [-0.05, 0) is 42.8 Å². The first-order valence-corrected chi connectivity index (χ1v) is 9.56. The van der Waals surface area contributed by atoms with Gasteiger partial charge in [-0.25, -0.2) is 4.68 Å². The van der Waals surface area contributed by atoms with E-state index in [1.165, 1.54) is 11.3 Å². The molecule has 6 nitrogen and oxygen atoms in total. The van der Waals surface area contributed by atoms with Crippen LogP contribution in [0.5, 0.6) is 11.5 Å². The Morgan fingerprint density at radius 3 is 2.57 bits per heavy atom. The largest absolute Gasteiger partial charge is 0.497 e. The summed E-state index contributed by atoms with van der Waals surface area (Å²) in [5, 5.41) is 15.6. The molecule has 28 heavy (non-hydrogen) atoms. The maximum Gasteiger partial charge on any atom is 0.206 e. The molecule has 1 aromatic heterocycles. The number of methoxy groups -OCH3 is 2. The van der Waals surface area contributed by atoms with E-state index in [1.54, 1.807) is 37.2 Å². The van der Waals surface area contributed by atoms with Crippen LogP contribution in [0.15, 0.2) is 57.9 Å². The Morgan fingerprint density at radius 1 is 1.14 bits per heavy atom. The van der Waals surface area contributed by atoms with Gasteiger partial charge in [0.25, 0.3) is 0 Å². The Hall–Kier alpha value is -3.37. The number of benzene rings is 2. The van der Waals surface area contributed by atoms with Crippen LogP contribution in [0, 0.1) is 11.3 Å². The van der Waals surface area contributed by atoms with Crippen molar-refractivity contribution >= 4 is 17.6 Å². The first kappa shape index (κ1) is 19.4. The highest BCUT2D eigenvalue weighted by Crippen LogP contribution is 2.33. The molecule has 2 aromatic carbocycles. The number of ether oxygens (including phenoxy) is 2. The van der Waals surface area contributed by atoms with Crippen LogP contribution in [-0.2, 0) is 0 Å². The average Bonchev–Trinajstić information content (AvgIpc) is 3.14. The van der Waals surface area contributed by atoms with E-state index in [0.29, 0.717) is 12.1 Å².